The van der Waals surface area contributed by atoms with Crippen LogP contribution < -0.4 is 5.73 Å². The summed E-state index contributed by atoms with van der Waals surface area (Å²) in [6.45, 7) is 6.22. The number of aromatic nitrogens is 3. The Morgan fingerprint density at radius 3 is 2.69 bits per heavy atom. The second-order valence-electron chi connectivity index (χ2n) is 3.55. The van der Waals surface area contributed by atoms with E-state index in [9.17, 15) is 0 Å². The molecule has 1 aromatic heterocycles. The Labute approximate surface area is 79.1 Å². The first kappa shape index (κ1) is 10.2. The maximum absolute atomic E-state index is 5.69. The minimum atomic E-state index is -0.0254. The van der Waals surface area contributed by atoms with Crippen molar-refractivity contribution < 1.29 is 0 Å². The van der Waals surface area contributed by atoms with Gasteiger partial charge in [0.2, 0.25) is 0 Å². The Morgan fingerprint density at radius 2 is 2.23 bits per heavy atom. The number of nitrogens with zero attached hydrogens (tertiary/aromatic N) is 3. The van der Waals surface area contributed by atoms with Crippen LogP contribution in [0.1, 0.15) is 51.4 Å². The highest BCUT2D eigenvalue weighted by molar-refractivity contribution is 4.98. The van der Waals surface area contributed by atoms with Crippen LogP contribution in [-0.2, 0) is 0 Å². The molecule has 2 N–H and O–H groups in total. The predicted molar refractivity (Wildman–Crippen MR) is 52.2 cm³/mol. The van der Waals surface area contributed by atoms with Crippen molar-refractivity contribution in [1.29, 1.82) is 0 Å². The molecule has 1 rings (SSSR count). The van der Waals surface area contributed by atoms with Crippen LogP contribution in [0.25, 0.3) is 0 Å². The van der Waals surface area contributed by atoms with Crippen LogP contribution in [0, 0.1) is 0 Å². The summed E-state index contributed by atoms with van der Waals surface area (Å²) in [5.74, 6) is 0. The summed E-state index contributed by atoms with van der Waals surface area (Å²) >= 11 is 0. The van der Waals surface area contributed by atoms with Crippen LogP contribution in [-0.4, -0.2) is 15.0 Å². The van der Waals surface area contributed by atoms with Crippen LogP contribution in [0.3, 0.4) is 0 Å². The summed E-state index contributed by atoms with van der Waals surface area (Å²) in [6, 6.07) is 0.396. The molecule has 0 bridgehead atoms. The van der Waals surface area contributed by atoms with E-state index in [1.165, 1.54) is 0 Å². The topological polar surface area (TPSA) is 56.7 Å². The Balaban J connectivity index is 2.67. The Hall–Kier alpha value is -0.900. The van der Waals surface area contributed by atoms with Crippen LogP contribution in [0.2, 0.25) is 0 Å². The molecule has 2 unspecified atom stereocenters. The average Bonchev–Trinajstić information content (AvgIpc) is 2.52. The summed E-state index contributed by atoms with van der Waals surface area (Å²) in [4.78, 5) is 0. The van der Waals surface area contributed by atoms with Gasteiger partial charge in [-0.2, -0.15) is 0 Å². The van der Waals surface area contributed by atoms with Crippen LogP contribution >= 0.6 is 0 Å². The van der Waals surface area contributed by atoms with Gasteiger partial charge in [-0.15, -0.1) is 5.10 Å². The lowest BCUT2D eigenvalue weighted by atomic mass is 10.2. The van der Waals surface area contributed by atoms with Gasteiger partial charge in [0.25, 0.3) is 0 Å². The normalized spacial score (nSPS) is 15.7. The van der Waals surface area contributed by atoms with Crippen molar-refractivity contribution in [1.82, 2.24) is 15.0 Å². The zero-order valence-corrected chi connectivity index (χ0v) is 8.57. The molecule has 74 valence electrons. The molecule has 1 heterocycles. The molecular formula is C9H18N4. The molecule has 0 aliphatic rings. The van der Waals surface area contributed by atoms with E-state index in [1.54, 1.807) is 0 Å². The van der Waals surface area contributed by atoms with E-state index >= 15 is 0 Å². The SMILES string of the molecule is CCCC(C)n1cc(C(C)N)nn1. The summed E-state index contributed by atoms with van der Waals surface area (Å²) in [5, 5.41) is 8.05. The molecule has 4 nitrogen and oxygen atoms in total. The molecule has 0 saturated carbocycles. The third-order valence-corrected chi connectivity index (χ3v) is 2.15. The summed E-state index contributed by atoms with van der Waals surface area (Å²) in [5.41, 5.74) is 6.55. The minimum Gasteiger partial charge on any atom is -0.323 e. The second-order valence-corrected chi connectivity index (χ2v) is 3.55. The zero-order valence-electron chi connectivity index (χ0n) is 8.57. The summed E-state index contributed by atoms with van der Waals surface area (Å²) < 4.78 is 1.89. The number of hydrogen-bond acceptors (Lipinski definition) is 3. The molecule has 0 aliphatic carbocycles. The molecule has 0 fully saturated rings. The standard InChI is InChI=1S/C9H18N4/c1-4-5-7(2)13-6-9(8(3)10)11-12-13/h6-8H,4-5,10H2,1-3H3. The fourth-order valence-corrected chi connectivity index (χ4v) is 1.26. The molecule has 4 heteroatoms. The molecular weight excluding hydrogens is 164 g/mol. The largest absolute Gasteiger partial charge is 0.323 e. The third kappa shape index (κ3) is 2.52. The van der Waals surface area contributed by atoms with Crippen molar-refractivity contribution in [2.45, 2.75) is 45.7 Å². The van der Waals surface area contributed by atoms with Crippen LogP contribution in [0.4, 0.5) is 0 Å². The Morgan fingerprint density at radius 1 is 1.54 bits per heavy atom. The molecule has 0 saturated heterocycles. The maximum Gasteiger partial charge on any atom is 0.0991 e. The minimum absolute atomic E-state index is 0.0254. The number of nitrogens with two attached hydrogens (primary N) is 1. The third-order valence-electron chi connectivity index (χ3n) is 2.15. The molecule has 0 radical (unpaired) electrons. The van der Waals surface area contributed by atoms with Gasteiger partial charge in [-0.25, -0.2) is 4.68 Å². The van der Waals surface area contributed by atoms with Crippen molar-refractivity contribution >= 4 is 0 Å². The van der Waals surface area contributed by atoms with E-state index in [0.717, 1.165) is 18.5 Å². The first-order valence-corrected chi connectivity index (χ1v) is 4.82. The van der Waals surface area contributed by atoms with Gasteiger partial charge in [0.15, 0.2) is 0 Å². The fraction of sp³-hybridized carbons (Fsp3) is 0.778. The first-order chi connectivity index (χ1) is 6.15. The Kier molecular flexibility index (Phi) is 3.42. The molecule has 0 aromatic carbocycles. The van der Waals surface area contributed by atoms with Gasteiger partial charge in [-0.1, -0.05) is 18.6 Å². The van der Waals surface area contributed by atoms with Gasteiger partial charge in [0.1, 0.15) is 0 Å². The molecule has 0 spiro atoms. The quantitative estimate of drug-likeness (QED) is 0.770. The molecule has 0 amide bonds. The molecule has 1 aromatic rings. The van der Waals surface area contributed by atoms with Crippen molar-refractivity contribution in [2.24, 2.45) is 5.73 Å². The van der Waals surface area contributed by atoms with Gasteiger partial charge >= 0.3 is 0 Å². The van der Waals surface area contributed by atoms with Crippen molar-refractivity contribution in [3.8, 4) is 0 Å². The van der Waals surface area contributed by atoms with E-state index < -0.39 is 0 Å². The van der Waals surface area contributed by atoms with Crippen molar-refractivity contribution in [3.63, 3.8) is 0 Å². The molecule has 0 aliphatic heterocycles. The van der Waals surface area contributed by atoms with E-state index in [4.69, 9.17) is 5.73 Å². The van der Waals surface area contributed by atoms with Crippen molar-refractivity contribution in [3.05, 3.63) is 11.9 Å². The Bertz CT molecular complexity index is 254. The van der Waals surface area contributed by atoms with Gasteiger partial charge < -0.3 is 5.73 Å². The lowest BCUT2D eigenvalue weighted by molar-refractivity contribution is 0.443. The molecule has 13 heavy (non-hydrogen) atoms. The fourth-order valence-electron chi connectivity index (χ4n) is 1.26. The van der Waals surface area contributed by atoms with Gasteiger partial charge in [-0.3, -0.25) is 0 Å². The van der Waals surface area contributed by atoms with Gasteiger partial charge in [0.05, 0.1) is 17.9 Å². The van der Waals surface area contributed by atoms with Crippen LogP contribution in [0.15, 0.2) is 6.20 Å². The summed E-state index contributed by atoms with van der Waals surface area (Å²) in [7, 11) is 0. The van der Waals surface area contributed by atoms with E-state index in [-0.39, 0.29) is 6.04 Å². The lowest BCUT2D eigenvalue weighted by Gasteiger charge is -2.08. The monoisotopic (exact) mass is 182 g/mol. The van der Waals surface area contributed by atoms with E-state index in [0.29, 0.717) is 6.04 Å². The number of rotatable bonds is 4. The van der Waals surface area contributed by atoms with Gasteiger partial charge in [-0.05, 0) is 20.3 Å². The lowest BCUT2D eigenvalue weighted by Crippen LogP contribution is -2.06. The highest BCUT2D eigenvalue weighted by Gasteiger charge is 2.08. The van der Waals surface area contributed by atoms with E-state index in [2.05, 4.69) is 24.2 Å². The first-order valence-electron chi connectivity index (χ1n) is 4.82. The van der Waals surface area contributed by atoms with Crippen molar-refractivity contribution in [2.75, 3.05) is 0 Å². The maximum atomic E-state index is 5.69. The van der Waals surface area contributed by atoms with E-state index in [1.807, 2.05) is 17.8 Å². The second kappa shape index (κ2) is 4.37. The number of hydrogen-bond donors (Lipinski definition) is 1. The molecule has 2 atom stereocenters. The highest BCUT2D eigenvalue weighted by atomic mass is 15.4. The predicted octanol–water partition coefficient (Wildman–Crippen LogP) is 1.66. The smallest absolute Gasteiger partial charge is 0.0991 e. The highest BCUT2D eigenvalue weighted by Crippen LogP contribution is 2.13. The van der Waals surface area contributed by atoms with Crippen LogP contribution in [0.5, 0.6) is 0 Å². The zero-order chi connectivity index (χ0) is 9.84. The van der Waals surface area contributed by atoms with Gasteiger partial charge in [0, 0.05) is 6.04 Å². The average molecular weight is 182 g/mol. The summed E-state index contributed by atoms with van der Waals surface area (Å²) in [6.07, 6.45) is 4.22.